The number of ether oxygens (including phenoxy) is 1. The maximum absolute atomic E-state index is 12.4. The zero-order valence-electron chi connectivity index (χ0n) is 8.94. The molecule has 0 spiro atoms. The molecule has 1 nitrogen and oxygen atoms in total. The minimum atomic E-state index is -4.37. The largest absolute Gasteiger partial charge is 0.492 e. The van der Waals surface area contributed by atoms with Crippen molar-refractivity contribution in [2.45, 2.75) is 20.0 Å². The molecule has 1 aromatic carbocycles. The van der Waals surface area contributed by atoms with Crippen molar-refractivity contribution in [2.75, 3.05) is 6.61 Å². The minimum Gasteiger partial charge on any atom is -0.492 e. The molecule has 0 radical (unpaired) electrons. The van der Waals surface area contributed by atoms with E-state index in [1.54, 1.807) is 0 Å². The Hall–Kier alpha value is -0.900. The van der Waals surface area contributed by atoms with Crippen LogP contribution in [-0.4, -0.2) is 6.61 Å². The molecule has 0 N–H and O–H groups in total. The van der Waals surface area contributed by atoms with E-state index in [2.05, 4.69) is 0 Å². The molecule has 0 unspecified atom stereocenters. The molecule has 0 bridgehead atoms. The van der Waals surface area contributed by atoms with Gasteiger partial charge in [0, 0.05) is 0 Å². The van der Waals surface area contributed by atoms with E-state index in [9.17, 15) is 13.2 Å². The van der Waals surface area contributed by atoms with Gasteiger partial charge in [0.1, 0.15) is 5.75 Å². The van der Waals surface area contributed by atoms with Gasteiger partial charge in [-0.05, 0) is 24.1 Å². The molecule has 0 saturated heterocycles. The molecule has 5 heteroatoms. The molecule has 1 aromatic rings. The summed E-state index contributed by atoms with van der Waals surface area (Å²) in [5.41, 5.74) is -0.754. The van der Waals surface area contributed by atoms with Crippen molar-refractivity contribution in [3.63, 3.8) is 0 Å². The topological polar surface area (TPSA) is 9.23 Å². The Kier molecular flexibility index (Phi) is 4.08. The van der Waals surface area contributed by atoms with Gasteiger partial charge >= 0.3 is 6.18 Å². The van der Waals surface area contributed by atoms with Crippen molar-refractivity contribution < 1.29 is 17.9 Å². The van der Waals surface area contributed by atoms with Gasteiger partial charge in [0.2, 0.25) is 0 Å². The van der Waals surface area contributed by atoms with Gasteiger partial charge in [-0.2, -0.15) is 13.2 Å². The number of benzene rings is 1. The summed E-state index contributed by atoms with van der Waals surface area (Å²) in [5.74, 6) is 0.302. The first-order valence-electron chi connectivity index (χ1n) is 4.80. The fourth-order valence-corrected chi connectivity index (χ4v) is 1.22. The number of rotatable bonds is 3. The minimum absolute atomic E-state index is 0.0743. The number of hydrogen-bond acceptors (Lipinski definition) is 1. The summed E-state index contributed by atoms with van der Waals surface area (Å²) >= 11 is 5.74. The van der Waals surface area contributed by atoms with Gasteiger partial charge in [-0.15, -0.1) is 0 Å². The van der Waals surface area contributed by atoms with Crippen molar-refractivity contribution in [2.24, 2.45) is 5.92 Å². The third-order valence-electron chi connectivity index (χ3n) is 1.83. The quantitative estimate of drug-likeness (QED) is 0.775. The van der Waals surface area contributed by atoms with E-state index in [1.807, 2.05) is 13.8 Å². The van der Waals surface area contributed by atoms with E-state index in [4.69, 9.17) is 16.3 Å². The molecule has 16 heavy (non-hydrogen) atoms. The number of hydrogen-bond donors (Lipinski definition) is 0. The summed E-state index contributed by atoms with van der Waals surface area (Å²) in [6.07, 6.45) is -4.37. The predicted molar refractivity (Wildman–Crippen MR) is 56.8 cm³/mol. The molecule has 0 aliphatic heterocycles. The predicted octanol–water partition coefficient (Wildman–Crippen LogP) is 4.39. The SMILES string of the molecule is CC(C)COc1cc(C(F)(F)F)ccc1Cl. The average Bonchev–Trinajstić information content (AvgIpc) is 2.14. The van der Waals surface area contributed by atoms with E-state index in [0.29, 0.717) is 6.61 Å². The van der Waals surface area contributed by atoms with Crippen LogP contribution in [-0.2, 0) is 6.18 Å². The lowest BCUT2D eigenvalue weighted by atomic mass is 10.2. The maximum Gasteiger partial charge on any atom is 0.416 e. The highest BCUT2D eigenvalue weighted by molar-refractivity contribution is 6.32. The lowest BCUT2D eigenvalue weighted by Crippen LogP contribution is -2.08. The number of alkyl halides is 3. The van der Waals surface area contributed by atoms with Crippen LogP contribution in [0.4, 0.5) is 13.2 Å². The molecule has 0 fully saturated rings. The van der Waals surface area contributed by atoms with Crippen LogP contribution < -0.4 is 4.74 Å². The van der Waals surface area contributed by atoms with Gasteiger partial charge in [0.15, 0.2) is 0 Å². The standard InChI is InChI=1S/C11H12ClF3O/c1-7(2)6-16-10-5-8(11(13,14)15)3-4-9(10)12/h3-5,7H,6H2,1-2H3. The van der Waals surface area contributed by atoms with Crippen molar-refractivity contribution in [1.29, 1.82) is 0 Å². The Morgan fingerprint density at radius 3 is 2.44 bits per heavy atom. The molecular weight excluding hydrogens is 241 g/mol. The average molecular weight is 253 g/mol. The van der Waals surface area contributed by atoms with Crippen LogP contribution in [0.5, 0.6) is 5.75 Å². The fraction of sp³-hybridized carbons (Fsp3) is 0.455. The first kappa shape index (κ1) is 13.2. The first-order chi connectivity index (χ1) is 7.30. The Morgan fingerprint density at radius 2 is 1.94 bits per heavy atom. The Labute approximate surface area is 97.2 Å². The van der Waals surface area contributed by atoms with Crippen LogP contribution in [0.3, 0.4) is 0 Å². The second-order valence-electron chi connectivity index (χ2n) is 3.85. The molecule has 0 aliphatic carbocycles. The molecule has 0 amide bonds. The smallest absolute Gasteiger partial charge is 0.416 e. The Bertz CT molecular complexity index is 361. The van der Waals surface area contributed by atoms with Crippen LogP contribution >= 0.6 is 11.6 Å². The summed E-state index contributed by atoms with van der Waals surface area (Å²) in [4.78, 5) is 0. The fourth-order valence-electron chi connectivity index (χ4n) is 1.05. The van der Waals surface area contributed by atoms with Gasteiger partial charge in [-0.3, -0.25) is 0 Å². The molecule has 1 rings (SSSR count). The number of halogens is 4. The first-order valence-corrected chi connectivity index (χ1v) is 5.18. The van der Waals surface area contributed by atoms with Crippen molar-refractivity contribution in [3.8, 4) is 5.75 Å². The third kappa shape index (κ3) is 3.59. The normalized spacial score (nSPS) is 11.9. The van der Waals surface area contributed by atoms with E-state index >= 15 is 0 Å². The van der Waals surface area contributed by atoms with Crippen molar-refractivity contribution in [1.82, 2.24) is 0 Å². The van der Waals surface area contributed by atoms with Gasteiger partial charge in [0.05, 0.1) is 17.2 Å². The van der Waals surface area contributed by atoms with Crippen LogP contribution in [0.15, 0.2) is 18.2 Å². The lowest BCUT2D eigenvalue weighted by molar-refractivity contribution is -0.137. The van der Waals surface area contributed by atoms with Crippen molar-refractivity contribution in [3.05, 3.63) is 28.8 Å². The van der Waals surface area contributed by atoms with E-state index in [-0.39, 0.29) is 16.7 Å². The Balaban J connectivity index is 2.91. The summed E-state index contributed by atoms with van der Waals surface area (Å²) in [6, 6.07) is 3.05. The third-order valence-corrected chi connectivity index (χ3v) is 2.14. The summed E-state index contributed by atoms with van der Waals surface area (Å²) in [5, 5.41) is 0.189. The van der Waals surface area contributed by atoms with Gasteiger partial charge in [-0.1, -0.05) is 25.4 Å². The molecule has 0 saturated carbocycles. The molecule has 90 valence electrons. The highest BCUT2D eigenvalue weighted by Gasteiger charge is 2.31. The van der Waals surface area contributed by atoms with Gasteiger partial charge in [0.25, 0.3) is 0 Å². The monoisotopic (exact) mass is 252 g/mol. The van der Waals surface area contributed by atoms with Gasteiger partial charge < -0.3 is 4.74 Å². The summed E-state index contributed by atoms with van der Waals surface area (Å²) in [6.45, 7) is 4.14. The molecule has 0 aliphatic rings. The highest BCUT2D eigenvalue weighted by Crippen LogP contribution is 2.34. The van der Waals surface area contributed by atoms with Crippen LogP contribution in [0.1, 0.15) is 19.4 Å². The molecule has 0 atom stereocenters. The van der Waals surface area contributed by atoms with Gasteiger partial charge in [-0.25, -0.2) is 0 Å². The van der Waals surface area contributed by atoms with E-state index < -0.39 is 11.7 Å². The zero-order chi connectivity index (χ0) is 12.3. The van der Waals surface area contributed by atoms with Crippen LogP contribution in [0, 0.1) is 5.92 Å². The lowest BCUT2D eigenvalue weighted by Gasteiger charge is -2.13. The molecule has 0 heterocycles. The molecule has 0 aromatic heterocycles. The van der Waals surface area contributed by atoms with Crippen LogP contribution in [0.2, 0.25) is 5.02 Å². The Morgan fingerprint density at radius 1 is 1.31 bits per heavy atom. The summed E-state index contributed by atoms with van der Waals surface area (Å²) < 4.78 is 42.4. The van der Waals surface area contributed by atoms with E-state index in [1.165, 1.54) is 6.07 Å². The highest BCUT2D eigenvalue weighted by atomic mass is 35.5. The van der Waals surface area contributed by atoms with Crippen LogP contribution in [0.25, 0.3) is 0 Å². The second-order valence-corrected chi connectivity index (χ2v) is 4.26. The summed E-state index contributed by atoms with van der Waals surface area (Å²) in [7, 11) is 0. The van der Waals surface area contributed by atoms with E-state index in [0.717, 1.165) is 12.1 Å². The van der Waals surface area contributed by atoms with Crippen molar-refractivity contribution >= 4 is 11.6 Å². The second kappa shape index (κ2) is 4.95. The maximum atomic E-state index is 12.4. The zero-order valence-corrected chi connectivity index (χ0v) is 9.69. The molecular formula is C11H12ClF3O.